The van der Waals surface area contributed by atoms with Crippen LogP contribution in [0.1, 0.15) is 26.3 Å². The van der Waals surface area contributed by atoms with Gasteiger partial charge in [0, 0.05) is 30.4 Å². The van der Waals surface area contributed by atoms with Crippen molar-refractivity contribution in [3.8, 4) is 22.5 Å². The van der Waals surface area contributed by atoms with Crippen molar-refractivity contribution in [3.05, 3.63) is 77.1 Å². The molecule has 0 spiro atoms. The van der Waals surface area contributed by atoms with Gasteiger partial charge in [0.2, 0.25) is 0 Å². The molecule has 0 aliphatic carbocycles. The molecule has 0 radical (unpaired) electrons. The predicted molar refractivity (Wildman–Crippen MR) is 123 cm³/mol. The van der Waals surface area contributed by atoms with Crippen LogP contribution in [0.15, 0.2) is 66.0 Å². The summed E-state index contributed by atoms with van der Waals surface area (Å²) in [5.74, 6) is -0.482. The Labute approximate surface area is 198 Å². The van der Waals surface area contributed by atoms with Gasteiger partial charge in [-0.05, 0) is 44.2 Å². The third-order valence-electron chi connectivity index (χ3n) is 5.22. The number of alkyl halides is 3. The summed E-state index contributed by atoms with van der Waals surface area (Å²) >= 11 is 0. The topological polar surface area (TPSA) is 87.0 Å². The van der Waals surface area contributed by atoms with Gasteiger partial charge in [-0.15, -0.1) is 0 Å². The number of hydrogen-bond acceptors (Lipinski definition) is 6. The molecular formula is C25H21F3N4O3. The van der Waals surface area contributed by atoms with Gasteiger partial charge in [-0.2, -0.15) is 13.2 Å². The average Bonchev–Trinajstić information content (AvgIpc) is 2.79. The molecule has 4 aromatic rings. The molecule has 0 N–H and O–H groups in total. The van der Waals surface area contributed by atoms with E-state index in [1.54, 1.807) is 38.4 Å². The van der Waals surface area contributed by atoms with Gasteiger partial charge in [0.25, 0.3) is 5.56 Å². The number of ether oxygens (including phenoxy) is 1. The summed E-state index contributed by atoms with van der Waals surface area (Å²) < 4.78 is 45.7. The molecular weight excluding hydrogens is 461 g/mol. The van der Waals surface area contributed by atoms with Crippen molar-refractivity contribution in [1.29, 1.82) is 0 Å². The zero-order chi connectivity index (χ0) is 25.4. The van der Waals surface area contributed by atoms with Crippen LogP contribution < -0.4 is 5.56 Å². The molecule has 0 atom stereocenters. The number of benzene rings is 1. The molecule has 180 valence electrons. The second-order valence-electron chi connectivity index (χ2n) is 8.60. The zero-order valence-electron chi connectivity index (χ0n) is 19.1. The highest BCUT2D eigenvalue weighted by atomic mass is 19.4. The van der Waals surface area contributed by atoms with Crippen molar-refractivity contribution in [2.45, 2.75) is 39.1 Å². The lowest BCUT2D eigenvalue weighted by atomic mass is 10.0. The molecule has 1 aromatic carbocycles. The molecule has 0 saturated carbocycles. The van der Waals surface area contributed by atoms with Crippen LogP contribution in [-0.4, -0.2) is 31.1 Å². The van der Waals surface area contributed by atoms with Crippen LogP contribution in [0, 0.1) is 0 Å². The van der Waals surface area contributed by atoms with Crippen LogP contribution >= 0.6 is 0 Å². The molecule has 0 saturated heterocycles. The summed E-state index contributed by atoms with van der Waals surface area (Å²) in [6, 6.07) is 9.51. The normalized spacial score (nSPS) is 12.1. The maximum Gasteiger partial charge on any atom is 0.416 e. The third-order valence-corrected chi connectivity index (χ3v) is 5.22. The maximum absolute atomic E-state index is 13.4. The molecule has 7 nitrogen and oxygen atoms in total. The molecule has 35 heavy (non-hydrogen) atoms. The summed E-state index contributed by atoms with van der Waals surface area (Å²) in [5.41, 5.74) is -0.172. The second-order valence-corrected chi connectivity index (χ2v) is 8.60. The Morgan fingerprint density at radius 2 is 1.80 bits per heavy atom. The van der Waals surface area contributed by atoms with E-state index in [1.165, 1.54) is 36.0 Å². The van der Waals surface area contributed by atoms with Crippen molar-refractivity contribution in [1.82, 2.24) is 19.5 Å². The number of hydrogen-bond donors (Lipinski definition) is 0. The molecule has 0 aliphatic rings. The largest absolute Gasteiger partial charge is 0.458 e. The number of nitrogens with zero attached hydrogens (tertiary/aromatic N) is 4. The molecule has 0 amide bonds. The van der Waals surface area contributed by atoms with E-state index in [9.17, 15) is 22.8 Å². The Morgan fingerprint density at radius 3 is 2.40 bits per heavy atom. The van der Waals surface area contributed by atoms with Crippen molar-refractivity contribution < 1.29 is 22.7 Å². The van der Waals surface area contributed by atoms with Crippen LogP contribution in [0.2, 0.25) is 0 Å². The molecule has 3 heterocycles. The van der Waals surface area contributed by atoms with Gasteiger partial charge in [-0.3, -0.25) is 19.1 Å². The maximum atomic E-state index is 13.4. The first-order chi connectivity index (χ1) is 16.4. The number of carbonyl (C=O) groups excluding carboxylic acids is 1. The van der Waals surface area contributed by atoms with Crippen molar-refractivity contribution >= 4 is 16.9 Å². The summed E-state index contributed by atoms with van der Waals surface area (Å²) in [6.07, 6.45) is 0.0378. The molecule has 3 aromatic heterocycles. The Bertz CT molecular complexity index is 1450. The van der Waals surface area contributed by atoms with Crippen molar-refractivity contribution in [3.63, 3.8) is 0 Å². The van der Waals surface area contributed by atoms with Crippen LogP contribution in [0.25, 0.3) is 33.4 Å². The quantitative estimate of drug-likeness (QED) is 0.377. The summed E-state index contributed by atoms with van der Waals surface area (Å²) in [4.78, 5) is 38.0. The monoisotopic (exact) mass is 482 g/mol. The minimum Gasteiger partial charge on any atom is -0.458 e. The first-order valence-electron chi connectivity index (χ1n) is 10.6. The SMILES string of the molecule is CC(=O)OC(C)(C)Cn1cnc2c(-c3cccnc3)nc(-c3ccc(C(F)(F)F)cc3)cc2c1=O. The van der Waals surface area contributed by atoms with E-state index in [1.807, 2.05) is 0 Å². The number of aromatic nitrogens is 4. The molecule has 0 aliphatic heterocycles. The van der Waals surface area contributed by atoms with Crippen LogP contribution in [0.5, 0.6) is 0 Å². The van der Waals surface area contributed by atoms with Gasteiger partial charge in [0.15, 0.2) is 0 Å². The fraction of sp³-hybridized carbons (Fsp3) is 0.240. The fourth-order valence-electron chi connectivity index (χ4n) is 3.79. The second kappa shape index (κ2) is 8.94. The lowest BCUT2D eigenvalue weighted by Gasteiger charge is -2.25. The fourth-order valence-corrected chi connectivity index (χ4v) is 3.79. The summed E-state index contributed by atoms with van der Waals surface area (Å²) in [7, 11) is 0. The van der Waals surface area contributed by atoms with Gasteiger partial charge in [-0.1, -0.05) is 12.1 Å². The number of rotatable bonds is 5. The highest BCUT2D eigenvalue weighted by Gasteiger charge is 2.30. The Balaban J connectivity index is 1.90. The number of fused-ring (bicyclic) bond motifs is 1. The molecule has 0 bridgehead atoms. The van der Waals surface area contributed by atoms with E-state index < -0.39 is 28.9 Å². The average molecular weight is 482 g/mol. The van der Waals surface area contributed by atoms with Crippen LogP contribution in [0.3, 0.4) is 0 Å². The standard InChI is InChI=1S/C25H21F3N4O3/c1-15(33)35-24(2,3)13-32-14-30-22-19(23(32)34)11-20(31-21(22)17-5-4-10-29-12-17)16-6-8-18(9-7-16)25(26,27)28/h4-12,14H,13H2,1-3H3. The van der Waals surface area contributed by atoms with E-state index in [4.69, 9.17) is 4.74 Å². The van der Waals surface area contributed by atoms with E-state index in [0.29, 0.717) is 28.0 Å². The molecule has 4 rings (SSSR count). The minimum absolute atomic E-state index is 0.0501. The van der Waals surface area contributed by atoms with Gasteiger partial charge in [0.05, 0.1) is 35.2 Å². The zero-order valence-corrected chi connectivity index (χ0v) is 19.1. The van der Waals surface area contributed by atoms with E-state index in [0.717, 1.165) is 12.1 Å². The van der Waals surface area contributed by atoms with Crippen LogP contribution in [-0.2, 0) is 22.3 Å². The molecule has 0 unspecified atom stereocenters. The highest BCUT2D eigenvalue weighted by Crippen LogP contribution is 2.32. The highest BCUT2D eigenvalue weighted by molar-refractivity contribution is 5.93. The first kappa shape index (κ1) is 24.1. The number of halogens is 3. The van der Waals surface area contributed by atoms with Gasteiger partial charge >= 0.3 is 12.1 Å². The van der Waals surface area contributed by atoms with E-state index in [2.05, 4.69) is 15.0 Å². The Morgan fingerprint density at radius 1 is 1.09 bits per heavy atom. The third kappa shape index (κ3) is 5.21. The number of pyridine rings is 2. The summed E-state index contributed by atoms with van der Waals surface area (Å²) in [5, 5.41) is 0.217. The number of carbonyl (C=O) groups is 1. The smallest absolute Gasteiger partial charge is 0.416 e. The number of esters is 1. The van der Waals surface area contributed by atoms with Gasteiger partial charge < -0.3 is 4.74 Å². The first-order valence-corrected chi connectivity index (χ1v) is 10.6. The lowest BCUT2D eigenvalue weighted by molar-refractivity contribution is -0.154. The molecule has 10 heteroatoms. The Kier molecular flexibility index (Phi) is 6.14. The van der Waals surface area contributed by atoms with Gasteiger partial charge in [0.1, 0.15) is 11.1 Å². The Hall–Kier alpha value is -4.08. The molecule has 0 fully saturated rings. The lowest BCUT2D eigenvalue weighted by Crippen LogP contribution is -2.36. The minimum atomic E-state index is -4.47. The van der Waals surface area contributed by atoms with Gasteiger partial charge in [-0.25, -0.2) is 9.97 Å². The van der Waals surface area contributed by atoms with Crippen molar-refractivity contribution in [2.24, 2.45) is 0 Å². The van der Waals surface area contributed by atoms with Crippen LogP contribution in [0.4, 0.5) is 13.2 Å². The van der Waals surface area contributed by atoms with Crippen molar-refractivity contribution in [2.75, 3.05) is 0 Å². The van der Waals surface area contributed by atoms with E-state index >= 15 is 0 Å². The van der Waals surface area contributed by atoms with E-state index in [-0.39, 0.29) is 11.9 Å². The predicted octanol–water partition coefficient (Wildman–Crippen LogP) is 4.88. The summed E-state index contributed by atoms with van der Waals surface area (Å²) in [6.45, 7) is 4.68.